The molecule has 0 radical (unpaired) electrons. The Balaban J connectivity index is 1.51. The molecule has 2 atom stereocenters. The average molecular weight is 424 g/mol. The first-order chi connectivity index (χ1) is 15.0. The maximum atomic E-state index is 13.8. The lowest BCUT2D eigenvalue weighted by atomic mass is 9.83. The van der Waals surface area contributed by atoms with Crippen LogP contribution < -0.4 is 5.32 Å². The number of hydrogen-bond donors (Lipinski definition) is 1. The number of furan rings is 1. The van der Waals surface area contributed by atoms with Crippen molar-refractivity contribution in [3.05, 3.63) is 94.9 Å². The SMILES string of the molecule is Cc1cc(C2CC(C(=O)NCc3ccco3)CN(Cc3ccc(F)cc3)C2)ccc1F. The number of nitrogens with zero attached hydrogens (tertiary/aromatic N) is 1. The van der Waals surface area contributed by atoms with E-state index in [2.05, 4.69) is 10.2 Å². The molecule has 1 aliphatic heterocycles. The summed E-state index contributed by atoms with van der Waals surface area (Å²) in [5.74, 6) is 0.0853. The third-order valence-corrected chi connectivity index (χ3v) is 5.89. The second-order valence-corrected chi connectivity index (χ2v) is 8.26. The number of rotatable bonds is 6. The molecule has 0 saturated carbocycles. The zero-order valence-corrected chi connectivity index (χ0v) is 17.5. The van der Waals surface area contributed by atoms with E-state index in [0.717, 1.165) is 17.7 Å². The van der Waals surface area contributed by atoms with Crippen molar-refractivity contribution in [1.82, 2.24) is 10.2 Å². The quantitative estimate of drug-likeness (QED) is 0.619. The van der Waals surface area contributed by atoms with E-state index in [1.54, 1.807) is 31.4 Å². The van der Waals surface area contributed by atoms with Crippen LogP contribution in [0.4, 0.5) is 8.78 Å². The van der Waals surface area contributed by atoms with Crippen molar-refractivity contribution in [2.75, 3.05) is 13.1 Å². The first-order valence-corrected chi connectivity index (χ1v) is 10.5. The molecule has 1 amide bonds. The molecule has 2 unspecified atom stereocenters. The first kappa shape index (κ1) is 21.2. The van der Waals surface area contributed by atoms with E-state index >= 15 is 0 Å². The topological polar surface area (TPSA) is 45.5 Å². The molecule has 1 aromatic heterocycles. The fraction of sp³-hybridized carbons (Fsp3) is 0.320. The highest BCUT2D eigenvalue weighted by Crippen LogP contribution is 2.32. The summed E-state index contributed by atoms with van der Waals surface area (Å²) in [5, 5.41) is 2.97. The predicted molar refractivity (Wildman–Crippen MR) is 114 cm³/mol. The zero-order valence-electron chi connectivity index (χ0n) is 17.5. The fourth-order valence-electron chi connectivity index (χ4n) is 4.25. The second kappa shape index (κ2) is 9.43. The van der Waals surface area contributed by atoms with Gasteiger partial charge in [-0.15, -0.1) is 0 Å². The number of likely N-dealkylation sites (tertiary alicyclic amines) is 1. The molecule has 4 nitrogen and oxygen atoms in total. The molecular formula is C25H26F2N2O2. The van der Waals surface area contributed by atoms with Crippen LogP contribution in [0.1, 0.15) is 34.8 Å². The number of carbonyl (C=O) groups excluding carboxylic acids is 1. The smallest absolute Gasteiger partial charge is 0.224 e. The van der Waals surface area contributed by atoms with E-state index in [-0.39, 0.29) is 29.4 Å². The van der Waals surface area contributed by atoms with Crippen LogP contribution in [0, 0.1) is 24.5 Å². The number of carbonyl (C=O) groups is 1. The van der Waals surface area contributed by atoms with Gasteiger partial charge in [0.25, 0.3) is 0 Å². The van der Waals surface area contributed by atoms with Crippen molar-refractivity contribution in [2.45, 2.75) is 32.4 Å². The van der Waals surface area contributed by atoms with Gasteiger partial charge in [-0.3, -0.25) is 9.69 Å². The van der Waals surface area contributed by atoms with Crippen molar-refractivity contribution in [2.24, 2.45) is 5.92 Å². The van der Waals surface area contributed by atoms with Gasteiger partial charge in [-0.05, 0) is 66.3 Å². The van der Waals surface area contributed by atoms with Crippen molar-refractivity contribution >= 4 is 5.91 Å². The summed E-state index contributed by atoms with van der Waals surface area (Å²) < 4.78 is 32.4. The zero-order chi connectivity index (χ0) is 21.8. The van der Waals surface area contributed by atoms with Crippen LogP contribution in [0.25, 0.3) is 0 Å². The molecule has 1 fully saturated rings. The van der Waals surface area contributed by atoms with Gasteiger partial charge < -0.3 is 9.73 Å². The molecule has 1 aliphatic rings. The molecule has 1 saturated heterocycles. The maximum absolute atomic E-state index is 13.8. The largest absolute Gasteiger partial charge is 0.467 e. The molecule has 0 aliphatic carbocycles. The van der Waals surface area contributed by atoms with Gasteiger partial charge >= 0.3 is 0 Å². The van der Waals surface area contributed by atoms with Gasteiger partial charge in [-0.1, -0.05) is 24.3 Å². The highest BCUT2D eigenvalue weighted by Gasteiger charge is 2.32. The summed E-state index contributed by atoms with van der Waals surface area (Å²) in [4.78, 5) is 15.2. The van der Waals surface area contributed by atoms with Gasteiger partial charge in [0.1, 0.15) is 17.4 Å². The van der Waals surface area contributed by atoms with E-state index < -0.39 is 0 Å². The summed E-state index contributed by atoms with van der Waals surface area (Å²) in [5.41, 5.74) is 2.63. The highest BCUT2D eigenvalue weighted by molar-refractivity contribution is 5.79. The van der Waals surface area contributed by atoms with Crippen molar-refractivity contribution in [3.8, 4) is 0 Å². The first-order valence-electron chi connectivity index (χ1n) is 10.5. The second-order valence-electron chi connectivity index (χ2n) is 8.26. The maximum Gasteiger partial charge on any atom is 0.224 e. The third-order valence-electron chi connectivity index (χ3n) is 5.89. The predicted octanol–water partition coefficient (Wildman–Crippen LogP) is 4.79. The summed E-state index contributed by atoms with van der Waals surface area (Å²) in [6, 6.07) is 15.2. The number of halogens is 2. The number of benzene rings is 2. The average Bonchev–Trinajstić information content (AvgIpc) is 3.29. The minimum Gasteiger partial charge on any atom is -0.467 e. The Morgan fingerprint density at radius 3 is 2.65 bits per heavy atom. The van der Waals surface area contributed by atoms with E-state index in [1.165, 1.54) is 18.2 Å². The molecule has 162 valence electrons. The number of piperidine rings is 1. The minimum atomic E-state index is -0.266. The Hall–Kier alpha value is -2.99. The lowest BCUT2D eigenvalue weighted by molar-refractivity contribution is -0.127. The van der Waals surface area contributed by atoms with E-state index in [9.17, 15) is 13.6 Å². The van der Waals surface area contributed by atoms with Gasteiger partial charge in [0.05, 0.1) is 18.7 Å². The molecule has 1 N–H and O–H groups in total. The normalized spacial score (nSPS) is 19.3. The molecule has 3 aromatic rings. The lowest BCUT2D eigenvalue weighted by Crippen LogP contribution is -2.45. The van der Waals surface area contributed by atoms with Crippen LogP contribution in [-0.2, 0) is 17.9 Å². The van der Waals surface area contributed by atoms with Crippen LogP contribution in [0.15, 0.2) is 65.3 Å². The number of aryl methyl sites for hydroxylation is 1. The Labute approximate surface area is 180 Å². The number of nitrogens with one attached hydrogen (secondary N) is 1. The fourth-order valence-corrected chi connectivity index (χ4v) is 4.25. The Morgan fingerprint density at radius 1 is 1.13 bits per heavy atom. The third kappa shape index (κ3) is 5.39. The van der Waals surface area contributed by atoms with Gasteiger partial charge in [0.15, 0.2) is 0 Å². The minimum absolute atomic E-state index is 0.0240. The molecular weight excluding hydrogens is 398 g/mol. The Morgan fingerprint density at radius 2 is 1.94 bits per heavy atom. The van der Waals surface area contributed by atoms with Crippen LogP contribution in [0.3, 0.4) is 0 Å². The van der Waals surface area contributed by atoms with Gasteiger partial charge in [0.2, 0.25) is 5.91 Å². The van der Waals surface area contributed by atoms with Crippen molar-refractivity contribution < 1.29 is 18.0 Å². The van der Waals surface area contributed by atoms with Gasteiger partial charge in [-0.25, -0.2) is 8.78 Å². The molecule has 6 heteroatoms. The van der Waals surface area contributed by atoms with Crippen LogP contribution in [0.2, 0.25) is 0 Å². The van der Waals surface area contributed by atoms with Crippen LogP contribution in [-0.4, -0.2) is 23.9 Å². The molecule has 4 rings (SSSR count). The van der Waals surface area contributed by atoms with Gasteiger partial charge in [0, 0.05) is 19.6 Å². The van der Waals surface area contributed by atoms with E-state index in [1.807, 2.05) is 18.2 Å². The summed E-state index contributed by atoms with van der Waals surface area (Å²) in [6.07, 6.45) is 2.27. The molecule has 0 spiro atoms. The molecule has 2 aromatic carbocycles. The van der Waals surface area contributed by atoms with Crippen molar-refractivity contribution in [3.63, 3.8) is 0 Å². The summed E-state index contributed by atoms with van der Waals surface area (Å²) >= 11 is 0. The molecule has 31 heavy (non-hydrogen) atoms. The standard InChI is InChI=1S/C25H26F2N2O2/c1-17-11-19(6-9-24(17)27)20-12-21(25(30)28-13-23-3-2-10-31-23)16-29(15-20)14-18-4-7-22(26)8-5-18/h2-11,20-21H,12-16H2,1H3,(H,28,30). The monoisotopic (exact) mass is 424 g/mol. The van der Waals surface area contributed by atoms with E-state index in [0.29, 0.717) is 37.4 Å². The van der Waals surface area contributed by atoms with Crippen LogP contribution in [0.5, 0.6) is 0 Å². The Bertz CT molecular complexity index is 1020. The molecule has 0 bridgehead atoms. The summed E-state index contributed by atoms with van der Waals surface area (Å²) in [6.45, 7) is 4.09. The summed E-state index contributed by atoms with van der Waals surface area (Å²) in [7, 11) is 0. The van der Waals surface area contributed by atoms with Crippen molar-refractivity contribution in [1.29, 1.82) is 0 Å². The Kier molecular flexibility index (Phi) is 6.47. The lowest BCUT2D eigenvalue weighted by Gasteiger charge is -2.37. The van der Waals surface area contributed by atoms with Crippen LogP contribution >= 0.6 is 0 Å². The van der Waals surface area contributed by atoms with Gasteiger partial charge in [-0.2, -0.15) is 0 Å². The molecule has 2 heterocycles. The number of hydrogen-bond acceptors (Lipinski definition) is 3. The highest BCUT2D eigenvalue weighted by atomic mass is 19.1. The number of amides is 1. The van der Waals surface area contributed by atoms with E-state index in [4.69, 9.17) is 4.42 Å².